The molecule has 0 atom stereocenters. The van der Waals surface area contributed by atoms with E-state index in [2.05, 4.69) is 10.4 Å². The van der Waals surface area contributed by atoms with Gasteiger partial charge < -0.3 is 14.5 Å². The lowest BCUT2D eigenvalue weighted by molar-refractivity contribution is 0.0919. The maximum atomic E-state index is 12.3. The summed E-state index contributed by atoms with van der Waals surface area (Å²) in [6.45, 7) is 2.15. The molecule has 0 saturated carbocycles. The quantitative estimate of drug-likeness (QED) is 0.330. The number of hydrogen-bond acceptors (Lipinski definition) is 4. The fraction of sp³-hybridized carbons (Fsp3) is 0.222. The third-order valence-corrected chi connectivity index (χ3v) is 6.21. The number of benzene rings is 1. The van der Waals surface area contributed by atoms with Gasteiger partial charge in [-0.3, -0.25) is 9.48 Å². The molecule has 29 heavy (non-hydrogen) atoms. The highest BCUT2D eigenvalue weighted by Crippen LogP contribution is 2.48. The highest BCUT2D eigenvalue weighted by atomic mass is 35.5. The summed E-state index contributed by atoms with van der Waals surface area (Å²) in [6.07, 6.45) is 1.84. The maximum absolute atomic E-state index is 12.3. The first-order valence-corrected chi connectivity index (χ1v) is 10.1. The zero-order chi connectivity index (χ0) is 21.3. The number of rotatable bonds is 6. The van der Waals surface area contributed by atoms with Gasteiger partial charge in [0.25, 0.3) is 5.91 Å². The Morgan fingerprint density at radius 3 is 2.31 bits per heavy atom. The van der Waals surface area contributed by atoms with Gasteiger partial charge in [0, 0.05) is 25.4 Å². The topological polar surface area (TPSA) is 69.3 Å². The molecule has 2 heterocycles. The minimum atomic E-state index is -0.367. The molecule has 3 rings (SSSR count). The Kier molecular flexibility index (Phi) is 6.91. The number of carbonyl (C=O) groups is 1. The van der Waals surface area contributed by atoms with Gasteiger partial charge in [-0.15, -0.1) is 0 Å². The summed E-state index contributed by atoms with van der Waals surface area (Å²) in [4.78, 5) is 12.3. The standard InChI is InChI=1S/C18H14Cl5N3O3/c1-8-9(6-26(2)25-8)5-24-18(27)11-4-3-10(29-11)7-28-17-15(22)13(20)12(19)14(21)16(17)23/h3-4,6H,5,7H2,1-2H3,(H,24,27). The molecule has 0 aliphatic rings. The lowest BCUT2D eigenvalue weighted by Crippen LogP contribution is -2.22. The predicted octanol–water partition coefficient (Wildman–Crippen LogP) is 6.10. The number of carbonyl (C=O) groups excluding carboxylic acids is 1. The van der Waals surface area contributed by atoms with Crippen LogP contribution in [0.25, 0.3) is 0 Å². The molecule has 1 aromatic carbocycles. The summed E-state index contributed by atoms with van der Waals surface area (Å²) >= 11 is 30.2. The van der Waals surface area contributed by atoms with Gasteiger partial charge in [-0.2, -0.15) is 5.10 Å². The van der Waals surface area contributed by atoms with Gasteiger partial charge in [0.05, 0.1) is 20.8 Å². The largest absolute Gasteiger partial charge is 0.482 e. The second-order valence-electron chi connectivity index (χ2n) is 6.05. The van der Waals surface area contributed by atoms with E-state index in [0.29, 0.717) is 12.3 Å². The Balaban J connectivity index is 1.65. The molecule has 11 heteroatoms. The molecule has 2 aromatic heterocycles. The highest BCUT2D eigenvalue weighted by Gasteiger charge is 2.21. The van der Waals surface area contributed by atoms with Crippen molar-refractivity contribution in [1.82, 2.24) is 15.1 Å². The molecule has 0 aliphatic carbocycles. The van der Waals surface area contributed by atoms with Crippen LogP contribution < -0.4 is 10.1 Å². The lowest BCUT2D eigenvalue weighted by atomic mass is 10.2. The van der Waals surface area contributed by atoms with Crippen molar-refractivity contribution in [2.45, 2.75) is 20.1 Å². The van der Waals surface area contributed by atoms with E-state index in [1.165, 1.54) is 6.07 Å². The van der Waals surface area contributed by atoms with E-state index in [1.54, 1.807) is 10.7 Å². The van der Waals surface area contributed by atoms with Crippen LogP contribution in [0.5, 0.6) is 5.75 Å². The number of halogens is 5. The molecule has 1 amide bonds. The first-order valence-electron chi connectivity index (χ1n) is 8.19. The molecule has 0 unspecified atom stereocenters. The molecule has 0 radical (unpaired) electrons. The van der Waals surface area contributed by atoms with Crippen molar-refractivity contribution >= 4 is 63.9 Å². The smallest absolute Gasteiger partial charge is 0.287 e. The van der Waals surface area contributed by atoms with Gasteiger partial charge in [0.1, 0.15) is 22.4 Å². The van der Waals surface area contributed by atoms with Gasteiger partial charge in [0.15, 0.2) is 11.5 Å². The van der Waals surface area contributed by atoms with Gasteiger partial charge in [-0.1, -0.05) is 58.0 Å². The number of aryl methyl sites for hydroxylation is 2. The van der Waals surface area contributed by atoms with Crippen LogP contribution in [0.15, 0.2) is 22.7 Å². The summed E-state index contributed by atoms with van der Waals surface area (Å²) in [5.41, 5.74) is 1.76. The minimum absolute atomic E-state index is 0.0300. The van der Waals surface area contributed by atoms with Crippen molar-refractivity contribution in [2.75, 3.05) is 0 Å². The molecule has 3 aromatic rings. The number of nitrogens with zero attached hydrogens (tertiary/aromatic N) is 2. The van der Waals surface area contributed by atoms with Crippen LogP contribution >= 0.6 is 58.0 Å². The highest BCUT2D eigenvalue weighted by molar-refractivity contribution is 6.55. The minimum Gasteiger partial charge on any atom is -0.482 e. The second kappa shape index (κ2) is 9.06. The summed E-state index contributed by atoms with van der Waals surface area (Å²) in [5.74, 6) is 0.215. The summed E-state index contributed by atoms with van der Waals surface area (Å²) < 4.78 is 12.8. The maximum Gasteiger partial charge on any atom is 0.287 e. The summed E-state index contributed by atoms with van der Waals surface area (Å²) in [6, 6.07) is 3.14. The van der Waals surface area contributed by atoms with Crippen molar-refractivity contribution in [3.63, 3.8) is 0 Å². The first-order chi connectivity index (χ1) is 13.7. The average molecular weight is 498 g/mol. The lowest BCUT2D eigenvalue weighted by Gasteiger charge is -2.12. The Morgan fingerprint density at radius 2 is 1.72 bits per heavy atom. The van der Waals surface area contributed by atoms with Crippen molar-refractivity contribution in [3.05, 3.63) is 66.2 Å². The molecule has 0 fully saturated rings. The van der Waals surface area contributed by atoms with E-state index >= 15 is 0 Å². The molecule has 0 spiro atoms. The van der Waals surface area contributed by atoms with E-state index in [9.17, 15) is 4.79 Å². The van der Waals surface area contributed by atoms with Crippen LogP contribution in [0.3, 0.4) is 0 Å². The van der Waals surface area contributed by atoms with Gasteiger partial charge in [0.2, 0.25) is 0 Å². The van der Waals surface area contributed by atoms with Gasteiger partial charge in [-0.25, -0.2) is 0 Å². The zero-order valence-corrected chi connectivity index (χ0v) is 18.9. The molecule has 154 valence electrons. The SMILES string of the molecule is Cc1nn(C)cc1CNC(=O)c1ccc(COc2c(Cl)c(Cl)c(Cl)c(Cl)c2Cl)o1. The summed E-state index contributed by atoms with van der Waals surface area (Å²) in [5, 5.41) is 7.16. The normalized spacial score (nSPS) is 11.0. The zero-order valence-electron chi connectivity index (χ0n) is 15.2. The third kappa shape index (κ3) is 4.78. The number of amides is 1. The van der Waals surface area contributed by atoms with Crippen LogP contribution in [-0.4, -0.2) is 15.7 Å². The number of furan rings is 1. The summed E-state index contributed by atoms with van der Waals surface area (Å²) in [7, 11) is 1.82. The molecule has 6 nitrogen and oxygen atoms in total. The fourth-order valence-electron chi connectivity index (χ4n) is 2.52. The molecule has 1 N–H and O–H groups in total. The van der Waals surface area contributed by atoms with Crippen molar-refractivity contribution in [3.8, 4) is 5.75 Å². The molecular weight excluding hydrogens is 483 g/mol. The van der Waals surface area contributed by atoms with E-state index in [0.717, 1.165) is 11.3 Å². The van der Waals surface area contributed by atoms with Crippen molar-refractivity contribution < 1.29 is 13.9 Å². The number of ether oxygens (including phenoxy) is 1. The average Bonchev–Trinajstić information content (AvgIpc) is 3.29. The van der Waals surface area contributed by atoms with E-state index in [4.69, 9.17) is 67.2 Å². The van der Waals surface area contributed by atoms with Crippen LogP contribution in [-0.2, 0) is 20.2 Å². The Labute approximate surface area is 191 Å². The Morgan fingerprint density at radius 1 is 1.10 bits per heavy atom. The van der Waals surface area contributed by atoms with Crippen LogP contribution in [0.2, 0.25) is 25.1 Å². The Bertz CT molecular complexity index is 1050. The van der Waals surface area contributed by atoms with E-state index in [-0.39, 0.29) is 49.1 Å². The monoisotopic (exact) mass is 495 g/mol. The van der Waals surface area contributed by atoms with E-state index in [1.807, 2.05) is 20.2 Å². The van der Waals surface area contributed by atoms with Crippen LogP contribution in [0.4, 0.5) is 0 Å². The first kappa shape index (κ1) is 22.1. The van der Waals surface area contributed by atoms with Crippen molar-refractivity contribution in [2.24, 2.45) is 7.05 Å². The van der Waals surface area contributed by atoms with Crippen LogP contribution in [0, 0.1) is 6.92 Å². The Hall–Kier alpha value is -1.57. The van der Waals surface area contributed by atoms with Crippen LogP contribution in [0.1, 0.15) is 27.6 Å². The molecule has 0 aliphatic heterocycles. The predicted molar refractivity (Wildman–Crippen MR) is 114 cm³/mol. The molecule has 0 saturated heterocycles. The van der Waals surface area contributed by atoms with Crippen molar-refractivity contribution in [1.29, 1.82) is 0 Å². The van der Waals surface area contributed by atoms with E-state index < -0.39 is 0 Å². The van der Waals surface area contributed by atoms with Gasteiger partial charge >= 0.3 is 0 Å². The number of hydrogen-bond donors (Lipinski definition) is 1. The molecule has 0 bridgehead atoms. The molecular formula is C18H14Cl5N3O3. The van der Waals surface area contributed by atoms with Gasteiger partial charge in [-0.05, 0) is 19.1 Å². The number of nitrogens with one attached hydrogen (secondary N) is 1. The third-order valence-electron chi connectivity index (χ3n) is 3.97. The number of aromatic nitrogens is 2. The fourth-order valence-corrected chi connectivity index (χ4v) is 3.75. The second-order valence-corrected chi connectivity index (χ2v) is 7.94.